The third-order valence-electron chi connectivity index (χ3n) is 7.39. The lowest BCUT2D eigenvalue weighted by atomic mass is 9.94. The molecule has 4 rings (SSSR count). The van der Waals surface area contributed by atoms with Crippen LogP contribution >= 0.6 is 0 Å². The van der Waals surface area contributed by atoms with Gasteiger partial charge in [-0.3, -0.25) is 9.59 Å². The summed E-state index contributed by atoms with van der Waals surface area (Å²) in [6.45, 7) is 4.36. The van der Waals surface area contributed by atoms with Gasteiger partial charge in [0.15, 0.2) is 6.61 Å². The van der Waals surface area contributed by atoms with Crippen LogP contribution in [0.1, 0.15) is 61.3 Å². The van der Waals surface area contributed by atoms with Crippen molar-refractivity contribution in [1.29, 1.82) is 0 Å². The van der Waals surface area contributed by atoms with Crippen molar-refractivity contribution in [1.82, 2.24) is 10.2 Å². The van der Waals surface area contributed by atoms with Crippen molar-refractivity contribution in [3.8, 4) is 5.75 Å². The average molecular weight is 513 g/mol. The number of nitrogens with zero attached hydrogens (tertiary/aromatic N) is 1. The third kappa shape index (κ3) is 7.95. The summed E-state index contributed by atoms with van der Waals surface area (Å²) < 4.78 is 5.91. The highest BCUT2D eigenvalue weighted by molar-refractivity contribution is 5.88. The Labute approximate surface area is 227 Å². The predicted octanol–water partition coefficient (Wildman–Crippen LogP) is 6.03. The molecule has 1 aliphatic rings. The van der Waals surface area contributed by atoms with Gasteiger partial charge in [-0.15, -0.1) is 0 Å². The lowest BCUT2D eigenvalue weighted by Gasteiger charge is -2.33. The van der Waals surface area contributed by atoms with Gasteiger partial charge in [-0.05, 0) is 55.0 Å². The molecule has 0 heterocycles. The van der Waals surface area contributed by atoms with Crippen LogP contribution < -0.4 is 10.1 Å². The molecule has 1 aliphatic carbocycles. The molecule has 0 bridgehead atoms. The van der Waals surface area contributed by atoms with Crippen LogP contribution in [-0.4, -0.2) is 35.4 Å². The van der Waals surface area contributed by atoms with Gasteiger partial charge >= 0.3 is 0 Å². The van der Waals surface area contributed by atoms with Crippen LogP contribution in [0.4, 0.5) is 0 Å². The Morgan fingerprint density at radius 1 is 0.868 bits per heavy atom. The fraction of sp³-hybridized carbons (Fsp3) is 0.394. The van der Waals surface area contributed by atoms with Crippen LogP contribution in [0.3, 0.4) is 0 Å². The molecule has 200 valence electrons. The van der Waals surface area contributed by atoms with Gasteiger partial charge in [0.2, 0.25) is 5.91 Å². The number of nitrogens with one attached hydrogen (secondary N) is 1. The van der Waals surface area contributed by atoms with Gasteiger partial charge in [-0.2, -0.15) is 0 Å². The van der Waals surface area contributed by atoms with Crippen molar-refractivity contribution < 1.29 is 14.3 Å². The fourth-order valence-electron chi connectivity index (χ4n) is 5.04. The fourth-order valence-corrected chi connectivity index (χ4v) is 5.04. The van der Waals surface area contributed by atoms with E-state index in [9.17, 15) is 9.59 Å². The quantitative estimate of drug-likeness (QED) is 0.342. The first kappa shape index (κ1) is 27.4. The number of benzene rings is 3. The minimum Gasteiger partial charge on any atom is -0.484 e. The molecule has 5 heteroatoms. The molecule has 1 fully saturated rings. The molecule has 2 amide bonds. The van der Waals surface area contributed by atoms with Crippen molar-refractivity contribution in [3.63, 3.8) is 0 Å². The van der Waals surface area contributed by atoms with Gasteiger partial charge < -0.3 is 15.0 Å². The Kier molecular flexibility index (Phi) is 9.97. The molecule has 0 aromatic heterocycles. The van der Waals surface area contributed by atoms with Crippen LogP contribution in [0.25, 0.3) is 0 Å². The number of rotatable bonds is 11. The van der Waals surface area contributed by atoms with Crippen molar-refractivity contribution in [2.45, 2.75) is 77.4 Å². The second-order valence-electron chi connectivity index (χ2n) is 10.3. The monoisotopic (exact) mass is 512 g/mol. The topological polar surface area (TPSA) is 58.6 Å². The summed E-state index contributed by atoms with van der Waals surface area (Å²) in [7, 11) is 0. The van der Waals surface area contributed by atoms with Gasteiger partial charge in [0, 0.05) is 19.0 Å². The molecule has 5 nitrogen and oxygen atoms in total. The lowest BCUT2D eigenvalue weighted by molar-refractivity contribution is -0.143. The van der Waals surface area contributed by atoms with E-state index in [1.165, 1.54) is 12.0 Å². The van der Waals surface area contributed by atoms with Gasteiger partial charge in [0.1, 0.15) is 11.8 Å². The van der Waals surface area contributed by atoms with Gasteiger partial charge in [0.05, 0.1) is 0 Å². The zero-order valence-corrected chi connectivity index (χ0v) is 22.7. The standard InChI is InChI=1S/C33H40N2O3/c1-3-26-18-20-30(21-19-26)38-24-32(36)35(23-28-16-14-25(2)15-17-28)31(22-27-10-6-4-7-11-27)33(37)34-29-12-8-5-9-13-29/h4,6-7,10-11,14-21,29,31H,3,5,8-9,12-13,22-24H2,1-2H3,(H,34,37)/t31-/m0/s1. The zero-order valence-electron chi connectivity index (χ0n) is 22.7. The highest BCUT2D eigenvalue weighted by Gasteiger charge is 2.32. The van der Waals surface area contributed by atoms with E-state index in [0.717, 1.165) is 48.8 Å². The average Bonchev–Trinajstić information content (AvgIpc) is 2.96. The van der Waals surface area contributed by atoms with E-state index in [0.29, 0.717) is 18.7 Å². The first-order valence-corrected chi connectivity index (χ1v) is 13.9. The van der Waals surface area contributed by atoms with Gasteiger partial charge in [0.25, 0.3) is 5.91 Å². The number of carbonyl (C=O) groups is 2. The molecule has 0 radical (unpaired) electrons. The first-order chi connectivity index (χ1) is 18.5. The lowest BCUT2D eigenvalue weighted by Crippen LogP contribution is -2.53. The maximum atomic E-state index is 13.8. The Morgan fingerprint density at radius 2 is 1.53 bits per heavy atom. The molecular weight excluding hydrogens is 472 g/mol. The second-order valence-corrected chi connectivity index (χ2v) is 10.3. The molecule has 0 spiro atoms. The summed E-state index contributed by atoms with van der Waals surface area (Å²) in [5.41, 5.74) is 4.38. The van der Waals surface area contributed by atoms with E-state index >= 15 is 0 Å². The highest BCUT2D eigenvalue weighted by atomic mass is 16.5. The molecule has 0 saturated heterocycles. The van der Waals surface area contributed by atoms with Crippen molar-refractivity contribution in [3.05, 3.63) is 101 Å². The molecule has 1 saturated carbocycles. The molecule has 1 N–H and O–H groups in total. The van der Waals surface area contributed by atoms with E-state index in [4.69, 9.17) is 4.74 Å². The molecule has 1 atom stereocenters. The summed E-state index contributed by atoms with van der Waals surface area (Å²) in [4.78, 5) is 29.3. The maximum absolute atomic E-state index is 13.8. The number of aryl methyl sites for hydroxylation is 2. The van der Waals surface area contributed by atoms with Crippen LogP contribution in [0.2, 0.25) is 0 Å². The van der Waals surface area contributed by atoms with Crippen LogP contribution in [0.5, 0.6) is 5.75 Å². The van der Waals surface area contributed by atoms with Crippen molar-refractivity contribution >= 4 is 11.8 Å². The minimum atomic E-state index is -0.640. The first-order valence-electron chi connectivity index (χ1n) is 13.9. The summed E-state index contributed by atoms with van der Waals surface area (Å²) in [6, 6.07) is 25.4. The highest BCUT2D eigenvalue weighted by Crippen LogP contribution is 2.20. The summed E-state index contributed by atoms with van der Waals surface area (Å²) in [5, 5.41) is 3.28. The smallest absolute Gasteiger partial charge is 0.261 e. The third-order valence-corrected chi connectivity index (χ3v) is 7.39. The van der Waals surface area contributed by atoms with Crippen LogP contribution in [0, 0.1) is 6.92 Å². The molecule has 3 aromatic rings. The minimum absolute atomic E-state index is 0.0893. The molecule has 38 heavy (non-hydrogen) atoms. The van der Waals surface area contributed by atoms with Crippen molar-refractivity contribution in [2.75, 3.05) is 6.61 Å². The Bertz CT molecular complexity index is 1150. The second kappa shape index (κ2) is 13.8. The van der Waals surface area contributed by atoms with E-state index in [1.54, 1.807) is 4.90 Å². The number of amides is 2. The molecule has 3 aromatic carbocycles. The maximum Gasteiger partial charge on any atom is 0.261 e. The van der Waals surface area contributed by atoms with E-state index in [1.807, 2.05) is 85.8 Å². The van der Waals surface area contributed by atoms with E-state index in [2.05, 4.69) is 12.2 Å². The van der Waals surface area contributed by atoms with Crippen molar-refractivity contribution in [2.24, 2.45) is 0 Å². The predicted molar refractivity (Wildman–Crippen MR) is 152 cm³/mol. The number of ether oxygens (including phenoxy) is 1. The normalized spacial score (nSPS) is 14.5. The van der Waals surface area contributed by atoms with Crippen LogP contribution in [-0.2, 0) is 29.0 Å². The van der Waals surface area contributed by atoms with Gasteiger partial charge in [-0.25, -0.2) is 0 Å². The molecular formula is C33H40N2O3. The Balaban J connectivity index is 1.58. The van der Waals surface area contributed by atoms with E-state index in [-0.39, 0.29) is 24.5 Å². The van der Waals surface area contributed by atoms with E-state index < -0.39 is 6.04 Å². The number of hydrogen-bond acceptors (Lipinski definition) is 3. The largest absolute Gasteiger partial charge is 0.484 e. The number of carbonyl (C=O) groups excluding carboxylic acids is 2. The summed E-state index contributed by atoms with van der Waals surface area (Å²) >= 11 is 0. The zero-order chi connectivity index (χ0) is 26.7. The molecule has 0 unspecified atom stereocenters. The Hall–Kier alpha value is -3.60. The summed E-state index contributed by atoms with van der Waals surface area (Å²) in [6.07, 6.45) is 6.85. The Morgan fingerprint density at radius 3 is 2.18 bits per heavy atom. The summed E-state index contributed by atoms with van der Waals surface area (Å²) in [5.74, 6) is 0.357. The number of hydrogen-bond donors (Lipinski definition) is 1. The SMILES string of the molecule is CCc1ccc(OCC(=O)N(Cc2ccc(C)cc2)[C@@H](Cc2ccccc2)C(=O)NC2CCCCC2)cc1. The van der Waals surface area contributed by atoms with Gasteiger partial charge in [-0.1, -0.05) is 98.5 Å². The molecule has 0 aliphatic heterocycles. The van der Waals surface area contributed by atoms with Crippen LogP contribution in [0.15, 0.2) is 78.9 Å².